The predicted molar refractivity (Wildman–Crippen MR) is 55.0 cm³/mol. The van der Waals surface area contributed by atoms with E-state index < -0.39 is 0 Å². The van der Waals surface area contributed by atoms with Crippen LogP contribution in [0.3, 0.4) is 0 Å². The lowest BCUT2D eigenvalue weighted by Crippen LogP contribution is -2.22. The van der Waals surface area contributed by atoms with Crippen LogP contribution in [-0.2, 0) is 0 Å². The molecular formula is C8H8BrClN2O. The van der Waals surface area contributed by atoms with Crippen LogP contribution in [0.5, 0.6) is 0 Å². The van der Waals surface area contributed by atoms with Crippen LogP contribution in [0.1, 0.15) is 10.4 Å². The van der Waals surface area contributed by atoms with Gasteiger partial charge in [0.15, 0.2) is 0 Å². The third-order valence-corrected chi connectivity index (χ3v) is 2.19. The first-order valence-electron chi connectivity index (χ1n) is 3.55. The van der Waals surface area contributed by atoms with Crippen LogP contribution in [0.15, 0.2) is 16.9 Å². The summed E-state index contributed by atoms with van der Waals surface area (Å²) < 4.78 is 0.599. The van der Waals surface area contributed by atoms with Crippen molar-refractivity contribution in [3.05, 3.63) is 27.5 Å². The molecule has 0 aliphatic rings. The fraction of sp³-hybridized carbons (Fsp3) is 0.250. The molecule has 0 N–H and O–H groups in total. The van der Waals surface area contributed by atoms with Crippen molar-refractivity contribution in [1.29, 1.82) is 0 Å². The fourth-order valence-corrected chi connectivity index (χ4v) is 1.33. The second-order valence-electron chi connectivity index (χ2n) is 2.69. The SMILES string of the molecule is CN(C)C(=O)c1cc(Br)ncc1Cl. The van der Waals surface area contributed by atoms with Gasteiger partial charge >= 0.3 is 0 Å². The van der Waals surface area contributed by atoms with E-state index in [4.69, 9.17) is 11.6 Å². The maximum Gasteiger partial charge on any atom is 0.255 e. The lowest BCUT2D eigenvalue weighted by atomic mass is 10.2. The summed E-state index contributed by atoms with van der Waals surface area (Å²) in [5.74, 6) is -0.131. The zero-order valence-corrected chi connectivity index (χ0v) is 9.56. The van der Waals surface area contributed by atoms with Crippen molar-refractivity contribution in [2.75, 3.05) is 14.1 Å². The van der Waals surface area contributed by atoms with Crippen molar-refractivity contribution in [2.45, 2.75) is 0 Å². The smallest absolute Gasteiger partial charge is 0.255 e. The Morgan fingerprint density at radius 1 is 1.62 bits per heavy atom. The van der Waals surface area contributed by atoms with Gasteiger partial charge in [0.05, 0.1) is 10.6 Å². The van der Waals surface area contributed by atoms with E-state index in [9.17, 15) is 4.79 Å². The van der Waals surface area contributed by atoms with E-state index in [0.29, 0.717) is 15.2 Å². The minimum Gasteiger partial charge on any atom is -0.345 e. The molecule has 0 saturated carbocycles. The molecule has 70 valence electrons. The number of aromatic nitrogens is 1. The number of pyridine rings is 1. The molecule has 0 saturated heterocycles. The molecule has 1 aromatic rings. The molecule has 1 aromatic heterocycles. The van der Waals surface area contributed by atoms with Gasteiger partial charge in [0.25, 0.3) is 5.91 Å². The van der Waals surface area contributed by atoms with Crippen LogP contribution in [0.25, 0.3) is 0 Å². The summed E-state index contributed by atoms with van der Waals surface area (Å²) >= 11 is 8.98. The van der Waals surface area contributed by atoms with E-state index in [1.165, 1.54) is 11.1 Å². The quantitative estimate of drug-likeness (QED) is 0.728. The van der Waals surface area contributed by atoms with Gasteiger partial charge in [0.2, 0.25) is 0 Å². The van der Waals surface area contributed by atoms with E-state index in [1.807, 2.05) is 0 Å². The van der Waals surface area contributed by atoms with Crippen LogP contribution >= 0.6 is 27.5 Å². The number of hydrogen-bond acceptors (Lipinski definition) is 2. The van der Waals surface area contributed by atoms with E-state index in [1.54, 1.807) is 20.2 Å². The number of halogens is 2. The van der Waals surface area contributed by atoms with Crippen LogP contribution in [0.2, 0.25) is 5.02 Å². The maximum atomic E-state index is 11.5. The molecule has 0 radical (unpaired) electrons. The first-order valence-corrected chi connectivity index (χ1v) is 4.72. The highest BCUT2D eigenvalue weighted by Gasteiger charge is 2.12. The second-order valence-corrected chi connectivity index (χ2v) is 3.91. The van der Waals surface area contributed by atoms with Crippen molar-refractivity contribution in [3.63, 3.8) is 0 Å². The molecule has 0 aliphatic carbocycles. The summed E-state index contributed by atoms with van der Waals surface area (Å²) in [4.78, 5) is 16.9. The molecule has 0 spiro atoms. The molecule has 0 aliphatic heterocycles. The van der Waals surface area contributed by atoms with Crippen molar-refractivity contribution < 1.29 is 4.79 Å². The topological polar surface area (TPSA) is 33.2 Å². The van der Waals surface area contributed by atoms with Crippen molar-refractivity contribution in [1.82, 2.24) is 9.88 Å². The van der Waals surface area contributed by atoms with Crippen molar-refractivity contribution in [2.24, 2.45) is 0 Å². The Balaban J connectivity index is 3.13. The van der Waals surface area contributed by atoms with Gasteiger partial charge in [0.1, 0.15) is 4.60 Å². The molecule has 5 heteroatoms. The summed E-state index contributed by atoms with van der Waals surface area (Å²) in [6.07, 6.45) is 1.45. The number of amides is 1. The minimum atomic E-state index is -0.131. The molecule has 1 amide bonds. The average molecular weight is 264 g/mol. The van der Waals surface area contributed by atoms with Gasteiger partial charge in [0, 0.05) is 20.3 Å². The first-order chi connectivity index (χ1) is 6.02. The summed E-state index contributed by atoms with van der Waals surface area (Å²) in [5, 5.41) is 0.363. The standard InChI is InChI=1S/C8H8BrClN2O/c1-12(2)8(13)5-3-7(9)11-4-6(5)10/h3-4H,1-2H3. The zero-order valence-electron chi connectivity index (χ0n) is 7.21. The van der Waals surface area contributed by atoms with Crippen LogP contribution in [-0.4, -0.2) is 29.9 Å². The number of rotatable bonds is 1. The molecule has 0 atom stereocenters. The van der Waals surface area contributed by atoms with Crippen LogP contribution in [0.4, 0.5) is 0 Å². The van der Waals surface area contributed by atoms with Gasteiger partial charge in [-0.3, -0.25) is 4.79 Å². The van der Waals surface area contributed by atoms with E-state index >= 15 is 0 Å². The highest BCUT2D eigenvalue weighted by molar-refractivity contribution is 9.10. The number of hydrogen-bond donors (Lipinski definition) is 0. The highest BCUT2D eigenvalue weighted by atomic mass is 79.9. The lowest BCUT2D eigenvalue weighted by molar-refractivity contribution is 0.0827. The minimum absolute atomic E-state index is 0.131. The molecule has 1 rings (SSSR count). The number of carbonyl (C=O) groups excluding carboxylic acids is 1. The van der Waals surface area contributed by atoms with Crippen LogP contribution < -0.4 is 0 Å². The normalized spacial score (nSPS) is 9.85. The van der Waals surface area contributed by atoms with Gasteiger partial charge in [-0.25, -0.2) is 4.98 Å². The molecule has 0 aromatic carbocycles. The monoisotopic (exact) mass is 262 g/mol. The fourth-order valence-electron chi connectivity index (χ4n) is 0.818. The Labute approximate surface area is 89.8 Å². The number of nitrogens with zero attached hydrogens (tertiary/aromatic N) is 2. The lowest BCUT2D eigenvalue weighted by Gasteiger charge is -2.11. The molecule has 0 bridgehead atoms. The van der Waals surface area contributed by atoms with Gasteiger partial charge < -0.3 is 4.90 Å². The maximum absolute atomic E-state index is 11.5. The third-order valence-electron chi connectivity index (χ3n) is 1.46. The van der Waals surface area contributed by atoms with E-state index in [0.717, 1.165) is 0 Å². The van der Waals surface area contributed by atoms with E-state index in [-0.39, 0.29) is 5.91 Å². The Bertz CT molecular complexity index is 341. The van der Waals surface area contributed by atoms with Crippen molar-refractivity contribution >= 4 is 33.4 Å². The largest absolute Gasteiger partial charge is 0.345 e. The summed E-state index contributed by atoms with van der Waals surface area (Å²) in [7, 11) is 3.35. The second kappa shape index (κ2) is 4.07. The van der Waals surface area contributed by atoms with Gasteiger partial charge in [-0.05, 0) is 22.0 Å². The molecule has 0 unspecified atom stereocenters. The summed E-state index contributed by atoms with van der Waals surface area (Å²) in [6, 6.07) is 1.60. The van der Waals surface area contributed by atoms with E-state index in [2.05, 4.69) is 20.9 Å². The Morgan fingerprint density at radius 3 is 2.77 bits per heavy atom. The van der Waals surface area contributed by atoms with Gasteiger partial charge in [-0.2, -0.15) is 0 Å². The molecule has 13 heavy (non-hydrogen) atoms. The molecule has 3 nitrogen and oxygen atoms in total. The third kappa shape index (κ3) is 2.42. The Morgan fingerprint density at radius 2 is 2.23 bits per heavy atom. The average Bonchev–Trinajstić information content (AvgIpc) is 2.08. The molecular weight excluding hydrogens is 255 g/mol. The summed E-state index contributed by atoms with van der Waals surface area (Å²) in [5.41, 5.74) is 0.452. The zero-order chi connectivity index (χ0) is 10.0. The summed E-state index contributed by atoms with van der Waals surface area (Å²) in [6.45, 7) is 0. The van der Waals surface area contributed by atoms with Crippen molar-refractivity contribution in [3.8, 4) is 0 Å². The van der Waals surface area contributed by atoms with Crippen LogP contribution in [0, 0.1) is 0 Å². The van der Waals surface area contributed by atoms with Gasteiger partial charge in [-0.15, -0.1) is 0 Å². The first kappa shape index (κ1) is 10.5. The number of carbonyl (C=O) groups is 1. The molecule has 1 heterocycles. The predicted octanol–water partition coefficient (Wildman–Crippen LogP) is 2.20. The highest BCUT2D eigenvalue weighted by Crippen LogP contribution is 2.19. The van der Waals surface area contributed by atoms with Gasteiger partial charge in [-0.1, -0.05) is 11.6 Å². The Kier molecular flexibility index (Phi) is 3.27. The Hall–Kier alpha value is -0.610. The molecule has 0 fully saturated rings.